The number of nitrogens with zero attached hydrogens (tertiary/aromatic N) is 1. The Balaban J connectivity index is 2.50. The van der Waals surface area contributed by atoms with Crippen LogP contribution in [0.25, 0.3) is 0 Å². The Labute approximate surface area is 78.9 Å². The first-order chi connectivity index (χ1) is 6.43. The molecule has 0 amide bonds. The molecule has 1 heterocycles. The van der Waals surface area contributed by atoms with E-state index in [4.69, 9.17) is 5.73 Å². The van der Waals surface area contributed by atoms with E-state index in [0.717, 1.165) is 6.20 Å². The molecule has 1 aliphatic carbocycles. The van der Waals surface area contributed by atoms with Gasteiger partial charge in [-0.3, -0.25) is 4.98 Å². The molecule has 1 saturated carbocycles. The van der Waals surface area contributed by atoms with Crippen LogP contribution >= 0.6 is 0 Å². The molecule has 1 aromatic heterocycles. The van der Waals surface area contributed by atoms with Gasteiger partial charge in [0.1, 0.15) is 5.69 Å². The van der Waals surface area contributed by atoms with Crippen LogP contribution in [0.1, 0.15) is 24.1 Å². The van der Waals surface area contributed by atoms with Gasteiger partial charge in [-0.25, -0.2) is 0 Å². The number of rotatable bonds is 1. The van der Waals surface area contributed by atoms with E-state index in [-0.39, 0.29) is 5.56 Å². The highest BCUT2D eigenvalue weighted by molar-refractivity contribution is 5.34. The highest BCUT2D eigenvalue weighted by atomic mass is 19.4. The van der Waals surface area contributed by atoms with Crippen molar-refractivity contribution in [3.05, 3.63) is 29.6 Å². The molecule has 0 atom stereocenters. The van der Waals surface area contributed by atoms with Crippen LogP contribution in [0.4, 0.5) is 13.2 Å². The van der Waals surface area contributed by atoms with Gasteiger partial charge in [0.25, 0.3) is 0 Å². The molecule has 76 valence electrons. The summed E-state index contributed by atoms with van der Waals surface area (Å²) >= 11 is 0. The Hall–Kier alpha value is -1.10. The average molecular weight is 202 g/mol. The molecule has 0 bridgehead atoms. The summed E-state index contributed by atoms with van der Waals surface area (Å²) in [6.07, 6.45) is -2.08. The maximum atomic E-state index is 12.5. The van der Waals surface area contributed by atoms with Gasteiger partial charge in [-0.15, -0.1) is 0 Å². The molecule has 0 aromatic carbocycles. The Bertz CT molecular complexity index is 331. The molecule has 1 aliphatic rings. The third kappa shape index (κ3) is 1.48. The second-order valence-corrected chi connectivity index (χ2v) is 3.55. The molecule has 1 aromatic rings. The van der Waals surface area contributed by atoms with Crippen molar-refractivity contribution in [3.8, 4) is 0 Å². The van der Waals surface area contributed by atoms with Crippen molar-refractivity contribution in [2.75, 3.05) is 0 Å². The fourth-order valence-corrected chi connectivity index (χ4v) is 1.44. The zero-order valence-electron chi connectivity index (χ0n) is 7.30. The van der Waals surface area contributed by atoms with Crippen molar-refractivity contribution >= 4 is 0 Å². The molecule has 2 nitrogen and oxygen atoms in total. The van der Waals surface area contributed by atoms with Crippen LogP contribution in [-0.2, 0) is 11.7 Å². The smallest absolute Gasteiger partial charge is 0.321 e. The molecular formula is C9H9F3N2. The Morgan fingerprint density at radius 3 is 2.50 bits per heavy atom. The van der Waals surface area contributed by atoms with Gasteiger partial charge < -0.3 is 5.73 Å². The first-order valence-electron chi connectivity index (χ1n) is 4.25. The van der Waals surface area contributed by atoms with E-state index in [1.165, 1.54) is 12.1 Å². The summed E-state index contributed by atoms with van der Waals surface area (Å²) in [7, 11) is 0. The maximum Gasteiger partial charge on any atom is 0.433 e. The second kappa shape index (κ2) is 2.70. The minimum atomic E-state index is -4.41. The molecule has 2 N–H and O–H groups in total. The normalized spacial score (nSPS) is 19.4. The third-order valence-corrected chi connectivity index (χ3v) is 2.40. The predicted molar refractivity (Wildman–Crippen MR) is 44.3 cm³/mol. The summed E-state index contributed by atoms with van der Waals surface area (Å²) in [6.45, 7) is 0. The average Bonchev–Trinajstić information content (AvgIpc) is 2.84. The summed E-state index contributed by atoms with van der Waals surface area (Å²) in [5.41, 5.74) is 4.20. The van der Waals surface area contributed by atoms with Crippen LogP contribution < -0.4 is 5.73 Å². The molecular weight excluding hydrogens is 193 g/mol. The van der Waals surface area contributed by atoms with Crippen LogP contribution in [0, 0.1) is 0 Å². The fourth-order valence-electron chi connectivity index (χ4n) is 1.44. The van der Waals surface area contributed by atoms with E-state index >= 15 is 0 Å². The standard InChI is InChI=1S/C9H9F3N2/c10-9(11,12)7-6(2-1-5-14-7)8(13)3-4-8/h1-2,5H,3-4,13H2. The van der Waals surface area contributed by atoms with Gasteiger partial charge in [-0.2, -0.15) is 13.2 Å². The summed E-state index contributed by atoms with van der Waals surface area (Å²) in [4.78, 5) is 3.35. The van der Waals surface area contributed by atoms with Crippen molar-refractivity contribution in [1.82, 2.24) is 4.98 Å². The van der Waals surface area contributed by atoms with E-state index in [1.54, 1.807) is 0 Å². The van der Waals surface area contributed by atoms with Crippen LogP contribution in [0.3, 0.4) is 0 Å². The zero-order valence-corrected chi connectivity index (χ0v) is 7.30. The molecule has 0 unspecified atom stereocenters. The van der Waals surface area contributed by atoms with Gasteiger partial charge in [-0.05, 0) is 18.9 Å². The molecule has 1 fully saturated rings. The molecule has 0 aliphatic heterocycles. The van der Waals surface area contributed by atoms with Gasteiger partial charge in [0.2, 0.25) is 0 Å². The predicted octanol–water partition coefficient (Wildman–Crippen LogP) is 2.05. The number of hydrogen-bond donors (Lipinski definition) is 1. The Morgan fingerprint density at radius 1 is 1.36 bits per heavy atom. The van der Waals surface area contributed by atoms with Gasteiger partial charge in [0.05, 0.1) is 0 Å². The van der Waals surface area contributed by atoms with E-state index < -0.39 is 17.4 Å². The largest absolute Gasteiger partial charge is 0.433 e. The van der Waals surface area contributed by atoms with Crippen molar-refractivity contribution in [1.29, 1.82) is 0 Å². The third-order valence-electron chi connectivity index (χ3n) is 2.40. The lowest BCUT2D eigenvalue weighted by atomic mass is 10.0. The van der Waals surface area contributed by atoms with Crippen molar-refractivity contribution < 1.29 is 13.2 Å². The zero-order chi connectivity index (χ0) is 10.4. The quantitative estimate of drug-likeness (QED) is 0.756. The highest BCUT2D eigenvalue weighted by Crippen LogP contribution is 2.46. The summed E-state index contributed by atoms with van der Waals surface area (Å²) in [5.74, 6) is 0. The first kappa shape index (κ1) is 9.45. The number of aromatic nitrogens is 1. The number of alkyl halides is 3. The number of nitrogens with two attached hydrogens (primary N) is 1. The SMILES string of the molecule is NC1(c2cccnc2C(F)(F)F)CC1. The summed E-state index contributed by atoms with van der Waals surface area (Å²) < 4.78 is 37.5. The summed E-state index contributed by atoms with van der Waals surface area (Å²) in [6, 6.07) is 2.89. The monoisotopic (exact) mass is 202 g/mol. The van der Waals surface area contributed by atoms with Crippen molar-refractivity contribution in [2.24, 2.45) is 5.73 Å². The number of hydrogen-bond acceptors (Lipinski definition) is 2. The van der Waals surface area contributed by atoms with Crippen LogP contribution in [0.5, 0.6) is 0 Å². The molecule has 0 radical (unpaired) electrons. The van der Waals surface area contributed by atoms with Crippen LogP contribution in [-0.4, -0.2) is 4.98 Å². The summed E-state index contributed by atoms with van der Waals surface area (Å²) in [5, 5.41) is 0. The van der Waals surface area contributed by atoms with Crippen LogP contribution in [0.15, 0.2) is 18.3 Å². The number of pyridine rings is 1. The Morgan fingerprint density at radius 2 is 2.00 bits per heavy atom. The van der Waals surface area contributed by atoms with Gasteiger partial charge in [-0.1, -0.05) is 6.07 Å². The van der Waals surface area contributed by atoms with E-state index in [0.29, 0.717) is 12.8 Å². The molecule has 0 saturated heterocycles. The number of halogens is 3. The van der Waals surface area contributed by atoms with Gasteiger partial charge >= 0.3 is 6.18 Å². The molecule has 5 heteroatoms. The lowest BCUT2D eigenvalue weighted by molar-refractivity contribution is -0.142. The minimum Gasteiger partial charge on any atom is -0.321 e. The maximum absolute atomic E-state index is 12.5. The van der Waals surface area contributed by atoms with Gasteiger partial charge in [0.15, 0.2) is 0 Å². The second-order valence-electron chi connectivity index (χ2n) is 3.55. The minimum absolute atomic E-state index is 0.118. The highest BCUT2D eigenvalue weighted by Gasteiger charge is 2.47. The lowest BCUT2D eigenvalue weighted by Gasteiger charge is -2.15. The lowest BCUT2D eigenvalue weighted by Crippen LogP contribution is -2.24. The molecule has 2 rings (SSSR count). The first-order valence-corrected chi connectivity index (χ1v) is 4.25. The topological polar surface area (TPSA) is 38.9 Å². The van der Waals surface area contributed by atoms with E-state index in [9.17, 15) is 13.2 Å². The Kier molecular flexibility index (Phi) is 1.82. The van der Waals surface area contributed by atoms with E-state index in [1.807, 2.05) is 0 Å². The van der Waals surface area contributed by atoms with Crippen molar-refractivity contribution in [2.45, 2.75) is 24.6 Å². The van der Waals surface area contributed by atoms with Crippen molar-refractivity contribution in [3.63, 3.8) is 0 Å². The molecule has 0 spiro atoms. The van der Waals surface area contributed by atoms with E-state index in [2.05, 4.69) is 4.98 Å². The molecule has 14 heavy (non-hydrogen) atoms. The van der Waals surface area contributed by atoms with Gasteiger partial charge in [0, 0.05) is 17.3 Å². The van der Waals surface area contributed by atoms with Crippen LogP contribution in [0.2, 0.25) is 0 Å². The fraction of sp³-hybridized carbons (Fsp3) is 0.444.